The second-order valence-corrected chi connectivity index (χ2v) is 8.89. The number of rotatable bonds is 4. The molecule has 8 heteroatoms. The molecule has 1 aliphatic heterocycles. The van der Waals surface area contributed by atoms with Crippen molar-refractivity contribution in [3.8, 4) is 0 Å². The molecule has 0 spiro atoms. The van der Waals surface area contributed by atoms with Crippen LogP contribution in [0.15, 0.2) is 36.9 Å². The van der Waals surface area contributed by atoms with Gasteiger partial charge in [0.2, 0.25) is 0 Å². The van der Waals surface area contributed by atoms with Gasteiger partial charge in [-0.15, -0.1) is 17.9 Å². The molecule has 6 nitrogen and oxygen atoms in total. The smallest absolute Gasteiger partial charge is 0.410 e. The molecule has 0 saturated heterocycles. The first kappa shape index (κ1) is 20.6. The van der Waals surface area contributed by atoms with E-state index in [0.717, 1.165) is 25.6 Å². The third-order valence-electron chi connectivity index (χ3n) is 4.21. The maximum Gasteiger partial charge on any atom is 0.410 e. The van der Waals surface area contributed by atoms with E-state index in [-0.39, 0.29) is 13.2 Å². The molecular formula is C20H23ClN2O4S. The van der Waals surface area contributed by atoms with Gasteiger partial charge in [0.1, 0.15) is 11.6 Å². The van der Waals surface area contributed by atoms with Gasteiger partial charge >= 0.3 is 11.5 Å². The van der Waals surface area contributed by atoms with Crippen molar-refractivity contribution >= 4 is 44.5 Å². The van der Waals surface area contributed by atoms with Gasteiger partial charge in [0.05, 0.1) is 19.7 Å². The number of thiophene rings is 1. The number of fused-ring (bicyclic) bond motifs is 3. The van der Waals surface area contributed by atoms with Crippen LogP contribution in [0.4, 0.5) is 9.59 Å². The molecule has 1 aromatic heterocycles. The molecule has 2 heterocycles. The first-order chi connectivity index (χ1) is 13.2. The molecule has 0 fully saturated rings. The molecule has 0 radical (unpaired) electrons. The Kier molecular flexibility index (Phi) is 5.98. The second-order valence-electron chi connectivity index (χ2n) is 7.48. The molecule has 28 heavy (non-hydrogen) atoms. The molecule has 0 N–H and O–H groups in total. The quantitative estimate of drug-likeness (QED) is 0.283. The van der Waals surface area contributed by atoms with Crippen LogP contribution in [0.1, 0.15) is 37.3 Å². The molecule has 1 aromatic carbocycles. The zero-order valence-electron chi connectivity index (χ0n) is 16.1. The van der Waals surface area contributed by atoms with Crippen LogP contribution >= 0.6 is 22.9 Å². The van der Waals surface area contributed by atoms with Gasteiger partial charge in [-0.3, -0.25) is 9.63 Å². The Morgan fingerprint density at radius 3 is 2.75 bits per heavy atom. The van der Waals surface area contributed by atoms with E-state index in [1.54, 1.807) is 16.2 Å². The fourth-order valence-corrected chi connectivity index (χ4v) is 4.59. The lowest BCUT2D eigenvalue weighted by atomic mass is 10.0. The molecular weight excluding hydrogens is 400 g/mol. The summed E-state index contributed by atoms with van der Waals surface area (Å²) in [5.74, 6) is 0. The van der Waals surface area contributed by atoms with E-state index in [1.807, 2.05) is 45.0 Å². The fraction of sp³-hybridized carbons (Fsp3) is 0.400. The monoisotopic (exact) mass is 422 g/mol. The number of ether oxygens (including phenoxy) is 1. The van der Waals surface area contributed by atoms with E-state index >= 15 is 0 Å². The lowest BCUT2D eigenvalue weighted by Gasteiger charge is -2.37. The topological polar surface area (TPSA) is 59.1 Å². The predicted octanol–water partition coefficient (Wildman–Crippen LogP) is 5.47. The van der Waals surface area contributed by atoms with Gasteiger partial charge in [-0.2, -0.15) is 5.06 Å². The fourth-order valence-electron chi connectivity index (χ4n) is 3.14. The van der Waals surface area contributed by atoms with Crippen molar-refractivity contribution in [2.75, 3.05) is 13.2 Å². The minimum absolute atomic E-state index is 0.127. The summed E-state index contributed by atoms with van der Waals surface area (Å²) in [6.45, 7) is 9.82. The van der Waals surface area contributed by atoms with Crippen LogP contribution in [-0.4, -0.2) is 40.2 Å². The van der Waals surface area contributed by atoms with E-state index in [9.17, 15) is 9.59 Å². The number of carbonyl (C=O) groups excluding carboxylic acids is 2. The van der Waals surface area contributed by atoms with Gasteiger partial charge in [-0.25, -0.2) is 4.79 Å². The number of amides is 2. The minimum atomic E-state index is -0.749. The molecule has 2 aromatic rings. The maximum atomic E-state index is 12.7. The molecule has 150 valence electrons. The molecule has 2 amide bonds. The summed E-state index contributed by atoms with van der Waals surface area (Å²) in [6, 6.07) is 7.42. The summed E-state index contributed by atoms with van der Waals surface area (Å²) in [4.78, 5) is 32.9. The van der Waals surface area contributed by atoms with Crippen LogP contribution < -0.4 is 0 Å². The van der Waals surface area contributed by atoms with Gasteiger partial charge in [0.25, 0.3) is 0 Å². The highest BCUT2D eigenvalue weighted by atomic mass is 35.5. The Labute approximate surface area is 173 Å². The van der Waals surface area contributed by atoms with Gasteiger partial charge in [-0.05, 0) is 49.4 Å². The Balaban J connectivity index is 2.04. The number of hydroxylamine groups is 2. The number of benzene rings is 1. The first-order valence-electron chi connectivity index (χ1n) is 8.92. The normalized spacial score (nSPS) is 16.6. The number of hydrogen-bond acceptors (Lipinski definition) is 5. The van der Waals surface area contributed by atoms with Gasteiger partial charge in [0, 0.05) is 9.58 Å². The molecule has 0 aliphatic carbocycles. The van der Waals surface area contributed by atoms with Gasteiger partial charge in [-0.1, -0.05) is 24.3 Å². The van der Waals surface area contributed by atoms with Crippen molar-refractivity contribution in [3.05, 3.63) is 47.4 Å². The molecule has 3 rings (SSSR count). The van der Waals surface area contributed by atoms with E-state index in [1.165, 1.54) is 6.08 Å². The van der Waals surface area contributed by atoms with E-state index in [2.05, 4.69) is 6.58 Å². The van der Waals surface area contributed by atoms with Crippen LogP contribution in [0.3, 0.4) is 0 Å². The van der Waals surface area contributed by atoms with Crippen molar-refractivity contribution in [1.29, 1.82) is 0 Å². The average molecular weight is 423 g/mol. The Morgan fingerprint density at radius 1 is 1.39 bits per heavy atom. The molecule has 1 unspecified atom stereocenters. The number of carbonyl (C=O) groups is 2. The first-order valence-corrected chi connectivity index (χ1v) is 10.1. The van der Waals surface area contributed by atoms with Crippen LogP contribution in [0, 0.1) is 0 Å². The number of nitrogens with zero attached hydrogens (tertiary/aromatic N) is 2. The van der Waals surface area contributed by atoms with Crippen LogP contribution in [0.2, 0.25) is 0 Å². The highest BCUT2D eigenvalue weighted by molar-refractivity contribution is 7.19. The van der Waals surface area contributed by atoms with Crippen molar-refractivity contribution in [1.82, 2.24) is 9.96 Å². The highest BCUT2D eigenvalue weighted by Crippen LogP contribution is 2.42. The molecule has 0 saturated carbocycles. The molecule has 0 bridgehead atoms. The number of halogens is 1. The number of hydrogen-bond donors (Lipinski definition) is 0. The van der Waals surface area contributed by atoms with Crippen molar-refractivity contribution in [2.45, 2.75) is 39.0 Å². The van der Waals surface area contributed by atoms with Gasteiger partial charge in [0.15, 0.2) is 0 Å². The summed E-state index contributed by atoms with van der Waals surface area (Å²) < 4.78 is 6.63. The third kappa shape index (κ3) is 4.32. The summed E-state index contributed by atoms with van der Waals surface area (Å²) in [5, 5.41) is 1.42. The SMILES string of the molecule is C=CCON(C(=O)Cl)C1CN(C(=O)OC(C)(C)C)Cc2c1sc1ccccc21. The van der Waals surface area contributed by atoms with E-state index in [0.29, 0.717) is 6.54 Å². The summed E-state index contributed by atoms with van der Waals surface area (Å²) in [7, 11) is 0. The minimum Gasteiger partial charge on any atom is -0.444 e. The van der Waals surface area contributed by atoms with Crippen LogP contribution in [0.5, 0.6) is 0 Å². The van der Waals surface area contributed by atoms with Crippen LogP contribution in [-0.2, 0) is 16.1 Å². The standard InChI is InChI=1S/C20H23ClN2O4S/c1-5-10-26-23(18(21)24)15-12-22(19(25)27-20(2,3)4)11-14-13-8-6-7-9-16(13)28-17(14)15/h5-9,15H,1,10-12H2,2-4H3. The summed E-state index contributed by atoms with van der Waals surface area (Å²) in [5.41, 5.74) is 0.359. The molecule has 1 aliphatic rings. The zero-order chi connectivity index (χ0) is 20.5. The highest BCUT2D eigenvalue weighted by Gasteiger charge is 2.38. The van der Waals surface area contributed by atoms with Crippen LogP contribution in [0.25, 0.3) is 10.1 Å². The largest absolute Gasteiger partial charge is 0.444 e. The van der Waals surface area contributed by atoms with Crippen molar-refractivity contribution in [3.63, 3.8) is 0 Å². The van der Waals surface area contributed by atoms with Crippen molar-refractivity contribution in [2.24, 2.45) is 0 Å². The van der Waals surface area contributed by atoms with Gasteiger partial charge < -0.3 is 9.64 Å². The summed E-state index contributed by atoms with van der Waals surface area (Å²) >= 11 is 7.39. The third-order valence-corrected chi connectivity index (χ3v) is 5.69. The predicted molar refractivity (Wildman–Crippen MR) is 110 cm³/mol. The zero-order valence-corrected chi connectivity index (χ0v) is 17.7. The summed E-state index contributed by atoms with van der Waals surface area (Å²) in [6.07, 6.45) is 1.09. The average Bonchev–Trinajstić information content (AvgIpc) is 2.99. The Bertz CT molecular complexity index is 905. The van der Waals surface area contributed by atoms with E-state index in [4.69, 9.17) is 21.2 Å². The second kappa shape index (κ2) is 8.11. The van der Waals surface area contributed by atoms with E-state index < -0.39 is 23.1 Å². The lowest BCUT2D eigenvalue weighted by Crippen LogP contribution is -2.46. The Morgan fingerprint density at radius 2 is 2.11 bits per heavy atom. The lowest BCUT2D eigenvalue weighted by molar-refractivity contribution is -0.134. The molecule has 1 atom stereocenters. The Hall–Kier alpha value is -2.09. The van der Waals surface area contributed by atoms with Crippen molar-refractivity contribution < 1.29 is 19.2 Å². The maximum absolute atomic E-state index is 12.7.